The summed E-state index contributed by atoms with van der Waals surface area (Å²) < 4.78 is 23.7. The van der Waals surface area contributed by atoms with E-state index in [1.165, 1.54) is 20.1 Å². The molecule has 0 aromatic heterocycles. The van der Waals surface area contributed by atoms with Gasteiger partial charge in [0.1, 0.15) is 6.10 Å². The van der Waals surface area contributed by atoms with Crippen molar-refractivity contribution in [2.24, 2.45) is 5.92 Å². The van der Waals surface area contributed by atoms with E-state index in [9.17, 15) is 18.8 Å². The van der Waals surface area contributed by atoms with Crippen LogP contribution in [0.3, 0.4) is 0 Å². The first-order chi connectivity index (χ1) is 13.9. The van der Waals surface area contributed by atoms with Crippen LogP contribution >= 0.6 is 0 Å². The Hall–Kier alpha value is -2.50. The number of Topliss-reactive ketones (excluding diaryl/α,β-unsaturated/α-hetero) is 1. The van der Waals surface area contributed by atoms with Crippen LogP contribution in [-0.4, -0.2) is 30.9 Å². The number of hydrogen-bond donors (Lipinski definition) is 0. The quantitative estimate of drug-likeness (QED) is 0.199. The third-order valence-electron chi connectivity index (χ3n) is 4.50. The van der Waals surface area contributed by atoms with E-state index in [2.05, 4.69) is 4.74 Å². The van der Waals surface area contributed by atoms with Crippen molar-refractivity contribution < 1.29 is 28.2 Å². The number of rotatable bonds is 12. The lowest BCUT2D eigenvalue weighted by atomic mass is 9.96. The monoisotopic (exact) mass is 406 g/mol. The van der Waals surface area contributed by atoms with Crippen LogP contribution in [0.1, 0.15) is 58.8 Å². The minimum atomic E-state index is -0.741. The number of carbonyl (C=O) groups excluding carboxylic acids is 3. The highest BCUT2D eigenvalue weighted by molar-refractivity contribution is 6.09. The maximum Gasteiger partial charge on any atom is 0.305 e. The lowest BCUT2D eigenvalue weighted by Crippen LogP contribution is -2.15. The molecule has 0 saturated carbocycles. The Balaban J connectivity index is 2.67. The summed E-state index contributed by atoms with van der Waals surface area (Å²) in [5.41, 5.74) is 0.401. The van der Waals surface area contributed by atoms with Gasteiger partial charge in [0, 0.05) is 37.7 Å². The zero-order valence-corrected chi connectivity index (χ0v) is 17.5. The summed E-state index contributed by atoms with van der Waals surface area (Å²) in [7, 11) is 1.36. The van der Waals surface area contributed by atoms with Crippen molar-refractivity contribution in [1.82, 2.24) is 0 Å². The van der Waals surface area contributed by atoms with E-state index in [1.807, 2.05) is 31.2 Å². The molecule has 0 radical (unpaired) electrons. The molecule has 0 unspecified atom stereocenters. The van der Waals surface area contributed by atoms with Crippen LogP contribution in [0.2, 0.25) is 0 Å². The summed E-state index contributed by atoms with van der Waals surface area (Å²) in [5.74, 6) is -2.29. The second kappa shape index (κ2) is 13.6. The van der Waals surface area contributed by atoms with E-state index >= 15 is 0 Å². The zero-order valence-electron chi connectivity index (χ0n) is 17.5. The van der Waals surface area contributed by atoms with Crippen molar-refractivity contribution in [3.8, 4) is 0 Å². The summed E-state index contributed by atoms with van der Waals surface area (Å²) in [6, 6.07) is 0. The van der Waals surface area contributed by atoms with Gasteiger partial charge in [0.05, 0.1) is 7.11 Å². The van der Waals surface area contributed by atoms with Crippen molar-refractivity contribution in [1.29, 1.82) is 0 Å². The topological polar surface area (TPSA) is 69.7 Å². The fraction of sp³-hybridized carbons (Fsp3) is 0.522. The number of allylic oxidation sites excluding steroid dienone is 6. The molecule has 1 aliphatic carbocycles. The highest BCUT2D eigenvalue weighted by atomic mass is 19.1. The Bertz CT molecular complexity index is 687. The van der Waals surface area contributed by atoms with Gasteiger partial charge in [-0.15, -0.1) is 0 Å². The normalized spacial score (nSPS) is 19.2. The molecule has 5 nitrogen and oxygen atoms in total. The van der Waals surface area contributed by atoms with Gasteiger partial charge in [0.15, 0.2) is 5.83 Å². The van der Waals surface area contributed by atoms with Crippen LogP contribution in [0, 0.1) is 5.92 Å². The molecular formula is C23H31FO5. The third-order valence-corrected chi connectivity index (χ3v) is 4.50. The second-order valence-electron chi connectivity index (χ2n) is 6.87. The summed E-state index contributed by atoms with van der Waals surface area (Å²) in [4.78, 5) is 34.5. The predicted octanol–water partition coefficient (Wildman–Crippen LogP) is 4.93. The van der Waals surface area contributed by atoms with E-state index in [0.29, 0.717) is 44.1 Å². The van der Waals surface area contributed by atoms with Gasteiger partial charge < -0.3 is 9.47 Å². The van der Waals surface area contributed by atoms with E-state index in [-0.39, 0.29) is 24.0 Å². The zero-order chi connectivity index (χ0) is 21.6. The van der Waals surface area contributed by atoms with Crippen LogP contribution < -0.4 is 0 Å². The summed E-state index contributed by atoms with van der Waals surface area (Å²) in [6.07, 6.45) is 14.4. The van der Waals surface area contributed by atoms with Gasteiger partial charge in [0.25, 0.3) is 0 Å². The predicted molar refractivity (Wildman–Crippen MR) is 110 cm³/mol. The smallest absolute Gasteiger partial charge is 0.305 e. The van der Waals surface area contributed by atoms with Crippen molar-refractivity contribution >= 4 is 17.7 Å². The van der Waals surface area contributed by atoms with Gasteiger partial charge in [-0.3, -0.25) is 14.4 Å². The van der Waals surface area contributed by atoms with Crippen LogP contribution in [0.5, 0.6) is 0 Å². The minimum Gasteiger partial charge on any atom is -0.469 e. The number of esters is 2. The molecule has 160 valence electrons. The molecule has 0 amide bonds. The Morgan fingerprint density at radius 3 is 2.62 bits per heavy atom. The van der Waals surface area contributed by atoms with Gasteiger partial charge >= 0.3 is 11.9 Å². The fourth-order valence-electron chi connectivity index (χ4n) is 3.01. The average Bonchev–Trinajstić information content (AvgIpc) is 2.95. The van der Waals surface area contributed by atoms with Gasteiger partial charge in [-0.1, -0.05) is 37.3 Å². The first kappa shape index (κ1) is 24.5. The molecule has 0 aliphatic heterocycles. The highest BCUT2D eigenvalue weighted by Gasteiger charge is 2.29. The Kier molecular flexibility index (Phi) is 11.5. The lowest BCUT2D eigenvalue weighted by molar-refractivity contribution is -0.146. The molecule has 0 spiro atoms. The molecular weight excluding hydrogens is 375 g/mol. The Morgan fingerprint density at radius 1 is 1.21 bits per heavy atom. The fourth-order valence-corrected chi connectivity index (χ4v) is 3.01. The first-order valence-corrected chi connectivity index (χ1v) is 10.0. The van der Waals surface area contributed by atoms with Crippen LogP contribution in [0.15, 0.2) is 47.9 Å². The molecule has 0 fully saturated rings. The molecule has 1 aliphatic rings. The third kappa shape index (κ3) is 9.50. The molecule has 6 heteroatoms. The molecule has 0 aromatic rings. The van der Waals surface area contributed by atoms with E-state index in [0.717, 1.165) is 6.42 Å². The summed E-state index contributed by atoms with van der Waals surface area (Å²) >= 11 is 0. The number of hydrogen-bond acceptors (Lipinski definition) is 5. The minimum absolute atomic E-state index is 0.244. The van der Waals surface area contributed by atoms with Crippen molar-refractivity contribution in [3.63, 3.8) is 0 Å². The highest BCUT2D eigenvalue weighted by Crippen LogP contribution is 2.31. The van der Waals surface area contributed by atoms with Crippen LogP contribution in [0.25, 0.3) is 0 Å². The lowest BCUT2D eigenvalue weighted by Gasteiger charge is -2.15. The van der Waals surface area contributed by atoms with Crippen LogP contribution in [0.4, 0.5) is 4.39 Å². The average molecular weight is 406 g/mol. The molecule has 1 rings (SSSR count). The van der Waals surface area contributed by atoms with Gasteiger partial charge in [-0.25, -0.2) is 4.39 Å². The molecule has 2 atom stereocenters. The van der Waals surface area contributed by atoms with Crippen molar-refractivity contribution in [2.75, 3.05) is 7.11 Å². The van der Waals surface area contributed by atoms with E-state index < -0.39 is 11.6 Å². The maximum atomic E-state index is 13.9. The van der Waals surface area contributed by atoms with Gasteiger partial charge in [-0.05, 0) is 31.8 Å². The van der Waals surface area contributed by atoms with Crippen molar-refractivity contribution in [2.45, 2.75) is 64.9 Å². The molecule has 0 saturated heterocycles. The molecule has 29 heavy (non-hydrogen) atoms. The first-order valence-electron chi connectivity index (χ1n) is 10.0. The number of ketones is 1. The van der Waals surface area contributed by atoms with Gasteiger partial charge in [0.2, 0.25) is 5.78 Å². The van der Waals surface area contributed by atoms with E-state index in [4.69, 9.17) is 4.74 Å². The number of carbonyl (C=O) groups is 3. The summed E-state index contributed by atoms with van der Waals surface area (Å²) in [6.45, 7) is 3.36. The molecule has 0 aromatic carbocycles. The number of methoxy groups -OCH3 is 1. The van der Waals surface area contributed by atoms with Crippen molar-refractivity contribution in [3.05, 3.63) is 47.9 Å². The van der Waals surface area contributed by atoms with E-state index in [1.54, 1.807) is 6.08 Å². The Labute approximate surface area is 172 Å². The molecule has 0 N–H and O–H groups in total. The maximum absolute atomic E-state index is 13.9. The van der Waals surface area contributed by atoms with Gasteiger partial charge in [-0.2, -0.15) is 0 Å². The summed E-state index contributed by atoms with van der Waals surface area (Å²) in [5, 5.41) is 0. The second-order valence-corrected chi connectivity index (χ2v) is 6.87. The largest absolute Gasteiger partial charge is 0.469 e. The number of unbranched alkanes of at least 4 members (excludes halogenated alkanes) is 1. The molecule has 0 heterocycles. The molecule has 0 bridgehead atoms. The Morgan fingerprint density at radius 2 is 1.97 bits per heavy atom. The standard InChI is InChI=1S/C23H31FO5/c1-4-5-8-12-19(29-17(2)25)14-15-20-18(16-21(24)23(20)27)11-9-6-7-10-13-22(26)28-3/h5-6,8-9,15-16,18-19H,4,7,10-14H2,1-3H3/b8-5-,9-6-,20-15+/t18-,19-/m0/s1. The number of halogens is 1. The SMILES string of the molecule is CC/C=C\C[C@@H](C/C=C1/C(=O)C(F)=C[C@@H]1C/C=C\CCCC(=O)OC)OC(C)=O. The van der Waals surface area contributed by atoms with Crippen LogP contribution in [-0.2, 0) is 23.9 Å². The number of ether oxygens (including phenoxy) is 2.